The number of benzene rings is 3. The van der Waals surface area contributed by atoms with E-state index in [1.54, 1.807) is 17.3 Å². The van der Waals surface area contributed by atoms with Gasteiger partial charge in [0.15, 0.2) is 0 Å². The van der Waals surface area contributed by atoms with Crippen molar-refractivity contribution in [2.24, 2.45) is 0 Å². The fraction of sp³-hybridized carbons (Fsp3) is 0. The van der Waals surface area contributed by atoms with Crippen LogP contribution in [0.2, 0.25) is 0 Å². The predicted molar refractivity (Wildman–Crippen MR) is 91.6 cm³/mol. The maximum atomic E-state index is 11.2. The number of phenols is 1. The lowest BCUT2D eigenvalue weighted by Crippen LogP contribution is -2.29. The molecular formula is C16H13N3O4S. The first-order valence-corrected chi connectivity index (χ1v) is 8.52. The Morgan fingerprint density at radius 1 is 0.875 bits per heavy atom. The summed E-state index contributed by atoms with van der Waals surface area (Å²) in [5.74, 6) is -0.0391. The molecule has 0 atom stereocenters. The van der Waals surface area contributed by atoms with Crippen LogP contribution in [0.1, 0.15) is 0 Å². The van der Waals surface area contributed by atoms with Gasteiger partial charge in [-0.25, -0.2) is 0 Å². The van der Waals surface area contributed by atoms with Gasteiger partial charge in [0.1, 0.15) is 11.4 Å². The standard InChI is InChI=1S/C16H13N3O4S/c20-16-9-11-7-12(24(21,22)23)6-5-10(11)8-15(16)19-17-13-3-1-2-4-14(13)18-19/h1-9,17-18,20H,(H,21,22,23). The van der Waals surface area contributed by atoms with E-state index in [2.05, 4.69) is 10.9 Å². The first-order valence-electron chi connectivity index (χ1n) is 7.08. The van der Waals surface area contributed by atoms with Crippen molar-refractivity contribution in [3.05, 3.63) is 54.6 Å². The molecule has 3 aromatic rings. The van der Waals surface area contributed by atoms with E-state index >= 15 is 0 Å². The summed E-state index contributed by atoms with van der Waals surface area (Å²) in [6.07, 6.45) is 0. The zero-order valence-electron chi connectivity index (χ0n) is 12.3. The van der Waals surface area contributed by atoms with E-state index in [9.17, 15) is 13.5 Å². The Morgan fingerprint density at radius 2 is 1.54 bits per heavy atom. The molecule has 0 saturated carbocycles. The van der Waals surface area contributed by atoms with E-state index in [1.807, 2.05) is 24.3 Å². The molecule has 0 saturated heterocycles. The molecule has 1 heterocycles. The number of anilines is 3. The number of fused-ring (bicyclic) bond motifs is 2. The third-order valence-corrected chi connectivity index (χ3v) is 4.69. The van der Waals surface area contributed by atoms with Gasteiger partial charge in [0.05, 0.1) is 16.3 Å². The van der Waals surface area contributed by atoms with Crippen molar-refractivity contribution in [2.75, 3.05) is 16.0 Å². The maximum absolute atomic E-state index is 11.2. The predicted octanol–water partition coefficient (Wildman–Crippen LogP) is 2.97. The topological polar surface area (TPSA) is 102 Å². The Hall–Kier alpha value is -2.97. The average Bonchev–Trinajstić information content (AvgIpc) is 2.96. The quantitative estimate of drug-likeness (QED) is 0.531. The lowest BCUT2D eigenvalue weighted by atomic mass is 10.1. The van der Waals surface area contributed by atoms with Gasteiger partial charge < -0.3 is 5.11 Å². The van der Waals surface area contributed by atoms with E-state index < -0.39 is 10.1 Å². The number of rotatable bonds is 2. The van der Waals surface area contributed by atoms with Crippen LogP contribution in [0.25, 0.3) is 10.8 Å². The Kier molecular flexibility index (Phi) is 3.05. The summed E-state index contributed by atoms with van der Waals surface area (Å²) in [6, 6.07) is 15.0. The van der Waals surface area contributed by atoms with Crippen LogP contribution >= 0.6 is 0 Å². The van der Waals surface area contributed by atoms with Crippen LogP contribution in [-0.4, -0.2) is 18.1 Å². The molecule has 8 heteroatoms. The second-order valence-electron chi connectivity index (χ2n) is 5.43. The first-order chi connectivity index (χ1) is 11.4. The van der Waals surface area contributed by atoms with Crippen molar-refractivity contribution < 1.29 is 18.1 Å². The summed E-state index contributed by atoms with van der Waals surface area (Å²) in [7, 11) is -4.29. The summed E-state index contributed by atoms with van der Waals surface area (Å²) in [5, 5.41) is 13.1. The van der Waals surface area contributed by atoms with Gasteiger partial charge in [0.2, 0.25) is 0 Å². The number of hydrazine groups is 2. The van der Waals surface area contributed by atoms with Crippen LogP contribution in [0.5, 0.6) is 5.75 Å². The number of aromatic hydroxyl groups is 1. The second kappa shape index (κ2) is 5.02. The molecule has 3 aromatic carbocycles. The molecule has 0 spiro atoms. The highest BCUT2D eigenvalue weighted by Crippen LogP contribution is 2.37. The van der Waals surface area contributed by atoms with Crippen LogP contribution in [0, 0.1) is 0 Å². The number of nitrogens with zero attached hydrogens (tertiary/aromatic N) is 1. The SMILES string of the molecule is O=S(=O)(O)c1ccc2cc(N3Nc4ccccc4N3)c(O)cc2c1. The summed E-state index contributed by atoms with van der Waals surface area (Å²) >= 11 is 0. The van der Waals surface area contributed by atoms with Crippen molar-refractivity contribution in [2.45, 2.75) is 4.90 Å². The van der Waals surface area contributed by atoms with Gasteiger partial charge in [-0.3, -0.25) is 15.4 Å². The van der Waals surface area contributed by atoms with Crippen molar-refractivity contribution in [3.63, 3.8) is 0 Å². The Morgan fingerprint density at radius 3 is 2.17 bits per heavy atom. The third-order valence-electron chi connectivity index (χ3n) is 3.84. The van der Waals surface area contributed by atoms with Gasteiger partial charge in [-0.15, -0.1) is 0 Å². The molecule has 7 nitrogen and oxygen atoms in total. The van der Waals surface area contributed by atoms with Crippen molar-refractivity contribution in [1.29, 1.82) is 0 Å². The maximum Gasteiger partial charge on any atom is 0.294 e. The third kappa shape index (κ3) is 2.38. The van der Waals surface area contributed by atoms with Crippen LogP contribution in [0.4, 0.5) is 17.1 Å². The molecule has 0 aliphatic carbocycles. The van der Waals surface area contributed by atoms with Crippen LogP contribution in [-0.2, 0) is 10.1 Å². The molecular weight excluding hydrogens is 330 g/mol. The highest BCUT2D eigenvalue weighted by molar-refractivity contribution is 7.85. The van der Waals surface area contributed by atoms with Crippen molar-refractivity contribution >= 4 is 38.0 Å². The molecule has 0 aromatic heterocycles. The van der Waals surface area contributed by atoms with Crippen molar-refractivity contribution in [1.82, 2.24) is 0 Å². The average molecular weight is 343 g/mol. The molecule has 0 unspecified atom stereocenters. The summed E-state index contributed by atoms with van der Waals surface area (Å²) in [6.45, 7) is 0. The molecule has 4 N–H and O–H groups in total. The summed E-state index contributed by atoms with van der Waals surface area (Å²) < 4.78 is 31.6. The number of para-hydroxylation sites is 2. The van der Waals surface area contributed by atoms with Gasteiger partial charge in [-0.05, 0) is 47.2 Å². The highest BCUT2D eigenvalue weighted by Gasteiger charge is 2.21. The monoisotopic (exact) mass is 343 g/mol. The Labute approximate surface area is 137 Å². The summed E-state index contributed by atoms with van der Waals surface area (Å²) in [5.41, 5.74) is 8.47. The van der Waals surface area contributed by atoms with Crippen LogP contribution < -0.4 is 16.0 Å². The fourth-order valence-electron chi connectivity index (χ4n) is 2.66. The lowest BCUT2D eigenvalue weighted by Gasteiger charge is -2.20. The molecule has 24 heavy (non-hydrogen) atoms. The second-order valence-corrected chi connectivity index (χ2v) is 6.85. The normalized spacial score (nSPS) is 13.5. The minimum absolute atomic E-state index is 0.0391. The molecule has 4 rings (SSSR count). The minimum atomic E-state index is -4.29. The lowest BCUT2D eigenvalue weighted by molar-refractivity contribution is 0.476. The first kappa shape index (κ1) is 14.6. The summed E-state index contributed by atoms with van der Waals surface area (Å²) in [4.78, 5) is -0.216. The number of nitrogens with one attached hydrogen (secondary N) is 2. The number of hydrogen-bond donors (Lipinski definition) is 4. The molecule has 122 valence electrons. The van der Waals surface area contributed by atoms with Gasteiger partial charge in [-0.2, -0.15) is 13.5 Å². The Balaban J connectivity index is 1.77. The number of phenolic OH excluding ortho intramolecular Hbond substituents is 1. The minimum Gasteiger partial charge on any atom is -0.506 e. The van der Waals surface area contributed by atoms with Gasteiger partial charge in [0.25, 0.3) is 10.1 Å². The van der Waals surface area contributed by atoms with E-state index in [-0.39, 0.29) is 10.6 Å². The smallest absolute Gasteiger partial charge is 0.294 e. The molecule has 0 amide bonds. The van der Waals surface area contributed by atoms with E-state index in [0.717, 1.165) is 16.8 Å². The Bertz CT molecular complexity index is 1040. The van der Waals surface area contributed by atoms with Crippen LogP contribution in [0.15, 0.2) is 59.5 Å². The number of hydrogen-bond acceptors (Lipinski definition) is 6. The fourth-order valence-corrected chi connectivity index (χ4v) is 3.17. The van der Waals surface area contributed by atoms with Gasteiger partial charge in [0, 0.05) is 0 Å². The van der Waals surface area contributed by atoms with Gasteiger partial charge >= 0.3 is 0 Å². The molecule has 0 radical (unpaired) electrons. The van der Waals surface area contributed by atoms with Crippen molar-refractivity contribution in [3.8, 4) is 5.75 Å². The van der Waals surface area contributed by atoms with Crippen LogP contribution in [0.3, 0.4) is 0 Å². The zero-order valence-corrected chi connectivity index (χ0v) is 13.1. The molecule has 1 aliphatic heterocycles. The molecule has 0 bridgehead atoms. The molecule has 1 aliphatic rings. The van der Waals surface area contributed by atoms with Gasteiger partial charge in [-0.1, -0.05) is 18.2 Å². The van der Waals surface area contributed by atoms with E-state index in [0.29, 0.717) is 11.1 Å². The van der Waals surface area contributed by atoms with E-state index in [1.165, 1.54) is 18.2 Å². The molecule has 0 fully saturated rings. The highest BCUT2D eigenvalue weighted by atomic mass is 32.2. The largest absolute Gasteiger partial charge is 0.506 e. The van der Waals surface area contributed by atoms with E-state index in [4.69, 9.17) is 4.55 Å². The zero-order chi connectivity index (χ0) is 16.9.